The van der Waals surface area contributed by atoms with Gasteiger partial charge in [0.1, 0.15) is 0 Å². The van der Waals surface area contributed by atoms with Gasteiger partial charge in [-0.15, -0.1) is 5.10 Å². The van der Waals surface area contributed by atoms with Crippen molar-refractivity contribution in [3.63, 3.8) is 0 Å². The molecule has 2 aromatic heterocycles. The van der Waals surface area contributed by atoms with Gasteiger partial charge in [0.05, 0.1) is 19.3 Å². The SMILES string of the molecule is CCOC(=O)c1cn(Cc2cc3ccc(C4CC4)cc3[nH]2)nn1. The van der Waals surface area contributed by atoms with Crippen LogP contribution in [0.15, 0.2) is 30.5 Å². The molecule has 0 amide bonds. The first kappa shape index (κ1) is 14.0. The van der Waals surface area contributed by atoms with Crippen LogP contribution < -0.4 is 0 Å². The van der Waals surface area contributed by atoms with E-state index in [0.29, 0.717) is 13.2 Å². The average Bonchev–Trinajstić information content (AvgIpc) is 3.15. The zero-order chi connectivity index (χ0) is 15.8. The van der Waals surface area contributed by atoms with Gasteiger partial charge in [0.2, 0.25) is 0 Å². The van der Waals surface area contributed by atoms with Crippen LogP contribution in [-0.4, -0.2) is 32.6 Å². The standard InChI is InChI=1S/C17H18N4O2/c1-2-23-17(22)16-10-21(20-19-16)9-14-7-13-6-5-12(11-3-4-11)8-15(13)18-14/h5-8,10-11,18H,2-4,9H2,1H3. The number of hydrogen-bond donors (Lipinski definition) is 1. The van der Waals surface area contributed by atoms with E-state index in [9.17, 15) is 4.79 Å². The van der Waals surface area contributed by atoms with Crippen molar-refractivity contribution in [2.24, 2.45) is 0 Å². The molecular formula is C17H18N4O2. The number of carbonyl (C=O) groups is 1. The van der Waals surface area contributed by atoms with Gasteiger partial charge in [0.25, 0.3) is 0 Å². The maximum absolute atomic E-state index is 11.6. The van der Waals surface area contributed by atoms with Crippen LogP contribution in [0, 0.1) is 0 Å². The Balaban J connectivity index is 1.54. The highest BCUT2D eigenvalue weighted by Crippen LogP contribution is 2.40. The molecule has 0 bridgehead atoms. The molecule has 0 spiro atoms. The summed E-state index contributed by atoms with van der Waals surface area (Å²) in [6.07, 6.45) is 4.21. The van der Waals surface area contributed by atoms with Crippen molar-refractivity contribution in [2.75, 3.05) is 6.61 Å². The lowest BCUT2D eigenvalue weighted by molar-refractivity contribution is 0.0519. The van der Waals surface area contributed by atoms with Gasteiger partial charge in [-0.1, -0.05) is 17.3 Å². The Morgan fingerprint density at radius 1 is 1.39 bits per heavy atom. The van der Waals surface area contributed by atoms with E-state index in [0.717, 1.165) is 17.1 Å². The molecular weight excluding hydrogens is 292 g/mol. The van der Waals surface area contributed by atoms with Crippen LogP contribution >= 0.6 is 0 Å². The van der Waals surface area contributed by atoms with Crippen LogP contribution in [0.3, 0.4) is 0 Å². The van der Waals surface area contributed by atoms with E-state index < -0.39 is 5.97 Å². The van der Waals surface area contributed by atoms with Crippen molar-refractivity contribution in [2.45, 2.75) is 32.2 Å². The van der Waals surface area contributed by atoms with Crippen molar-refractivity contribution in [1.82, 2.24) is 20.0 Å². The molecule has 6 heteroatoms. The summed E-state index contributed by atoms with van der Waals surface area (Å²) >= 11 is 0. The second kappa shape index (κ2) is 5.53. The van der Waals surface area contributed by atoms with Crippen molar-refractivity contribution in [3.8, 4) is 0 Å². The quantitative estimate of drug-likeness (QED) is 0.735. The van der Waals surface area contributed by atoms with E-state index in [4.69, 9.17) is 4.74 Å². The Morgan fingerprint density at radius 2 is 2.26 bits per heavy atom. The number of benzene rings is 1. The number of esters is 1. The molecule has 1 saturated carbocycles. The van der Waals surface area contributed by atoms with Gasteiger partial charge in [-0.2, -0.15) is 0 Å². The predicted octanol–water partition coefficient (Wildman–Crippen LogP) is 2.86. The Morgan fingerprint density at radius 3 is 3.04 bits per heavy atom. The van der Waals surface area contributed by atoms with E-state index in [-0.39, 0.29) is 5.69 Å². The van der Waals surface area contributed by atoms with Gasteiger partial charge in [-0.05, 0) is 48.8 Å². The maximum atomic E-state index is 11.6. The van der Waals surface area contributed by atoms with Gasteiger partial charge in [-0.3, -0.25) is 0 Å². The van der Waals surface area contributed by atoms with E-state index in [1.807, 2.05) is 0 Å². The Kier molecular flexibility index (Phi) is 3.37. The summed E-state index contributed by atoms with van der Waals surface area (Å²) in [7, 11) is 0. The van der Waals surface area contributed by atoms with Crippen molar-refractivity contribution < 1.29 is 9.53 Å². The fraction of sp³-hybridized carbons (Fsp3) is 0.353. The first-order valence-electron chi connectivity index (χ1n) is 7.91. The molecule has 0 saturated heterocycles. The van der Waals surface area contributed by atoms with Crippen LogP contribution in [0.5, 0.6) is 0 Å². The van der Waals surface area contributed by atoms with Crippen LogP contribution in [0.1, 0.15) is 47.4 Å². The summed E-state index contributed by atoms with van der Waals surface area (Å²) in [4.78, 5) is 15.0. The lowest BCUT2D eigenvalue weighted by Gasteiger charge is -1.98. The number of fused-ring (bicyclic) bond motifs is 1. The smallest absolute Gasteiger partial charge is 0.360 e. The zero-order valence-electron chi connectivity index (χ0n) is 13.0. The molecule has 3 aromatic rings. The predicted molar refractivity (Wildman–Crippen MR) is 85.4 cm³/mol. The molecule has 1 aliphatic carbocycles. The molecule has 0 atom stereocenters. The maximum Gasteiger partial charge on any atom is 0.360 e. The number of hydrogen-bond acceptors (Lipinski definition) is 4. The van der Waals surface area contributed by atoms with Gasteiger partial charge in [0, 0.05) is 11.2 Å². The molecule has 6 nitrogen and oxygen atoms in total. The first-order valence-corrected chi connectivity index (χ1v) is 7.91. The fourth-order valence-electron chi connectivity index (χ4n) is 2.81. The second-order valence-corrected chi connectivity index (χ2v) is 5.94. The normalized spacial score (nSPS) is 14.3. The first-order chi connectivity index (χ1) is 11.2. The third kappa shape index (κ3) is 2.84. The number of aromatic amines is 1. The molecule has 1 N–H and O–H groups in total. The Labute approximate surface area is 133 Å². The Hall–Kier alpha value is -2.63. The van der Waals surface area contributed by atoms with E-state index in [1.54, 1.807) is 17.8 Å². The Bertz CT molecular complexity index is 860. The summed E-state index contributed by atoms with van der Waals surface area (Å²) in [6.45, 7) is 2.64. The molecule has 1 fully saturated rings. The van der Waals surface area contributed by atoms with Crippen LogP contribution in [0.2, 0.25) is 0 Å². The molecule has 1 aromatic carbocycles. The largest absolute Gasteiger partial charge is 0.461 e. The van der Waals surface area contributed by atoms with Crippen molar-refractivity contribution >= 4 is 16.9 Å². The summed E-state index contributed by atoms with van der Waals surface area (Å²) < 4.78 is 6.56. The summed E-state index contributed by atoms with van der Waals surface area (Å²) in [5, 5.41) is 9.03. The number of nitrogens with one attached hydrogen (secondary N) is 1. The monoisotopic (exact) mass is 310 g/mol. The molecule has 0 aliphatic heterocycles. The number of H-pyrrole nitrogens is 1. The van der Waals surface area contributed by atoms with Crippen molar-refractivity contribution in [1.29, 1.82) is 0 Å². The fourth-order valence-corrected chi connectivity index (χ4v) is 2.81. The summed E-state index contributed by atoms with van der Waals surface area (Å²) in [5.74, 6) is 0.304. The molecule has 0 radical (unpaired) electrons. The zero-order valence-corrected chi connectivity index (χ0v) is 13.0. The third-order valence-electron chi connectivity index (χ3n) is 4.11. The third-order valence-corrected chi connectivity index (χ3v) is 4.11. The number of nitrogens with zero attached hydrogens (tertiary/aromatic N) is 3. The van der Waals surface area contributed by atoms with E-state index in [2.05, 4.69) is 39.6 Å². The number of aromatic nitrogens is 4. The van der Waals surface area contributed by atoms with Gasteiger partial charge in [0.15, 0.2) is 5.69 Å². The topological polar surface area (TPSA) is 72.8 Å². The van der Waals surface area contributed by atoms with Crippen LogP contribution in [0.25, 0.3) is 10.9 Å². The molecule has 23 heavy (non-hydrogen) atoms. The highest BCUT2D eigenvalue weighted by Gasteiger charge is 2.23. The number of carbonyl (C=O) groups excluding carboxylic acids is 1. The minimum atomic E-state index is -0.440. The number of rotatable bonds is 5. The molecule has 0 unspecified atom stereocenters. The lowest BCUT2D eigenvalue weighted by Crippen LogP contribution is -2.05. The summed E-state index contributed by atoms with van der Waals surface area (Å²) in [6, 6.07) is 8.72. The lowest BCUT2D eigenvalue weighted by atomic mass is 10.1. The van der Waals surface area contributed by atoms with E-state index in [1.165, 1.54) is 23.8 Å². The highest BCUT2D eigenvalue weighted by molar-refractivity contribution is 5.86. The minimum Gasteiger partial charge on any atom is -0.461 e. The molecule has 2 heterocycles. The second-order valence-electron chi connectivity index (χ2n) is 5.94. The molecule has 1 aliphatic rings. The van der Waals surface area contributed by atoms with Crippen LogP contribution in [0.4, 0.5) is 0 Å². The molecule has 118 valence electrons. The number of ether oxygens (including phenoxy) is 1. The highest BCUT2D eigenvalue weighted by atomic mass is 16.5. The molecule has 4 rings (SSSR count). The summed E-state index contributed by atoms with van der Waals surface area (Å²) in [5.41, 5.74) is 3.83. The van der Waals surface area contributed by atoms with Gasteiger partial charge >= 0.3 is 5.97 Å². The van der Waals surface area contributed by atoms with Gasteiger partial charge in [-0.25, -0.2) is 9.48 Å². The van der Waals surface area contributed by atoms with Crippen molar-refractivity contribution in [3.05, 3.63) is 47.4 Å². The van der Waals surface area contributed by atoms with Crippen LogP contribution in [-0.2, 0) is 11.3 Å². The van der Waals surface area contributed by atoms with E-state index >= 15 is 0 Å². The minimum absolute atomic E-state index is 0.235. The van der Waals surface area contributed by atoms with Gasteiger partial charge < -0.3 is 9.72 Å². The average molecular weight is 310 g/mol.